The number of aromatic nitrogens is 1. The van der Waals surface area contributed by atoms with Crippen LogP contribution in [0.4, 0.5) is 0 Å². The minimum atomic E-state index is -0.185. The van der Waals surface area contributed by atoms with Crippen LogP contribution < -0.4 is 5.32 Å². The van der Waals surface area contributed by atoms with Crippen molar-refractivity contribution in [1.29, 1.82) is 0 Å². The predicted octanol–water partition coefficient (Wildman–Crippen LogP) is 3.93. The summed E-state index contributed by atoms with van der Waals surface area (Å²) in [6, 6.07) is 17.9. The molecular formula is C20H18N2O2. The van der Waals surface area contributed by atoms with E-state index in [4.69, 9.17) is 4.52 Å². The van der Waals surface area contributed by atoms with E-state index in [0.717, 1.165) is 35.3 Å². The predicted molar refractivity (Wildman–Crippen MR) is 91.7 cm³/mol. The van der Waals surface area contributed by atoms with Crippen molar-refractivity contribution >= 4 is 5.91 Å². The van der Waals surface area contributed by atoms with E-state index < -0.39 is 0 Å². The molecule has 0 saturated carbocycles. The highest BCUT2D eigenvalue weighted by atomic mass is 16.5. The molecule has 1 aromatic heterocycles. The molecule has 0 unspecified atom stereocenters. The molecular weight excluding hydrogens is 300 g/mol. The minimum absolute atomic E-state index is 0.0815. The second kappa shape index (κ2) is 5.96. The summed E-state index contributed by atoms with van der Waals surface area (Å²) in [6.45, 7) is 1.97. The minimum Gasteiger partial charge on any atom is -0.355 e. The Labute approximate surface area is 140 Å². The second-order valence-electron chi connectivity index (χ2n) is 6.10. The fourth-order valence-corrected chi connectivity index (χ4v) is 3.24. The van der Waals surface area contributed by atoms with Gasteiger partial charge in [0.25, 0.3) is 5.91 Å². The van der Waals surface area contributed by atoms with E-state index in [1.54, 1.807) is 0 Å². The van der Waals surface area contributed by atoms with E-state index in [1.165, 1.54) is 5.56 Å². The van der Waals surface area contributed by atoms with E-state index in [9.17, 15) is 4.79 Å². The van der Waals surface area contributed by atoms with Crippen molar-refractivity contribution in [2.24, 2.45) is 0 Å². The Kier molecular flexibility index (Phi) is 3.65. The molecule has 0 fully saturated rings. The summed E-state index contributed by atoms with van der Waals surface area (Å²) in [4.78, 5) is 12.6. The molecule has 1 amide bonds. The van der Waals surface area contributed by atoms with E-state index in [1.807, 2.05) is 55.5 Å². The van der Waals surface area contributed by atoms with Crippen molar-refractivity contribution in [2.75, 3.05) is 0 Å². The Morgan fingerprint density at radius 1 is 1.08 bits per heavy atom. The van der Waals surface area contributed by atoms with Gasteiger partial charge < -0.3 is 9.84 Å². The lowest BCUT2D eigenvalue weighted by Gasteiger charge is -2.16. The van der Waals surface area contributed by atoms with Crippen LogP contribution in [0.5, 0.6) is 0 Å². The number of aryl methyl sites for hydroxylation is 1. The zero-order chi connectivity index (χ0) is 16.5. The van der Waals surface area contributed by atoms with Crippen LogP contribution in [0.25, 0.3) is 11.3 Å². The van der Waals surface area contributed by atoms with Crippen LogP contribution >= 0.6 is 0 Å². The number of carbonyl (C=O) groups is 1. The maximum Gasteiger partial charge on any atom is 0.274 e. The number of amides is 1. The van der Waals surface area contributed by atoms with E-state index in [-0.39, 0.29) is 11.9 Å². The van der Waals surface area contributed by atoms with Gasteiger partial charge >= 0.3 is 0 Å². The first-order valence-corrected chi connectivity index (χ1v) is 8.16. The Bertz CT molecular complexity index is 884. The van der Waals surface area contributed by atoms with Gasteiger partial charge in [0.2, 0.25) is 0 Å². The number of hydrogen-bond acceptors (Lipinski definition) is 3. The number of rotatable bonds is 3. The number of nitrogens with one attached hydrogen (secondary N) is 1. The fourth-order valence-electron chi connectivity index (χ4n) is 3.24. The van der Waals surface area contributed by atoms with Crippen LogP contribution in [0, 0.1) is 0 Å². The topological polar surface area (TPSA) is 55.1 Å². The second-order valence-corrected chi connectivity index (χ2v) is 6.10. The van der Waals surface area contributed by atoms with Crippen LogP contribution in [0.3, 0.4) is 0 Å². The summed E-state index contributed by atoms with van der Waals surface area (Å²) in [5.41, 5.74) is 4.66. The monoisotopic (exact) mass is 318 g/mol. The van der Waals surface area contributed by atoms with Gasteiger partial charge in [-0.05, 0) is 30.9 Å². The first-order chi connectivity index (χ1) is 11.7. The highest BCUT2D eigenvalue weighted by Gasteiger charge is 2.27. The lowest BCUT2D eigenvalue weighted by molar-refractivity contribution is 0.0930. The third-order valence-corrected chi connectivity index (χ3v) is 4.56. The van der Waals surface area contributed by atoms with E-state index >= 15 is 0 Å². The highest BCUT2D eigenvalue weighted by Crippen LogP contribution is 2.35. The third kappa shape index (κ3) is 2.50. The Morgan fingerprint density at radius 2 is 1.83 bits per heavy atom. The first-order valence-electron chi connectivity index (χ1n) is 8.16. The lowest BCUT2D eigenvalue weighted by atomic mass is 9.89. The normalized spacial score (nSPS) is 13.7. The van der Waals surface area contributed by atoms with Crippen molar-refractivity contribution in [1.82, 2.24) is 10.5 Å². The van der Waals surface area contributed by atoms with E-state index in [2.05, 4.69) is 16.5 Å². The molecule has 120 valence electrons. The summed E-state index contributed by atoms with van der Waals surface area (Å²) in [7, 11) is 0. The van der Waals surface area contributed by atoms with Crippen LogP contribution in [-0.4, -0.2) is 11.1 Å². The van der Waals surface area contributed by atoms with E-state index in [0.29, 0.717) is 5.69 Å². The van der Waals surface area contributed by atoms with Crippen molar-refractivity contribution in [2.45, 2.75) is 25.8 Å². The zero-order valence-electron chi connectivity index (χ0n) is 13.5. The van der Waals surface area contributed by atoms with Crippen LogP contribution in [0.15, 0.2) is 59.1 Å². The molecule has 4 heteroatoms. The number of carbonyl (C=O) groups excluding carboxylic acids is 1. The molecule has 1 aliphatic rings. The standard InChI is InChI=1S/C20H18N2O2/c1-13(14-7-3-2-4-8-14)21-20(23)18-17-12-11-15-9-5-6-10-16(15)19(17)24-22-18/h2-10,13H,11-12H2,1H3,(H,21,23)/t13-/m1/s1. The highest BCUT2D eigenvalue weighted by molar-refractivity contribution is 5.95. The number of benzene rings is 2. The van der Waals surface area contributed by atoms with Gasteiger partial charge in [-0.2, -0.15) is 0 Å². The molecule has 0 saturated heterocycles. The van der Waals surface area contributed by atoms with Gasteiger partial charge in [-0.15, -0.1) is 0 Å². The molecule has 4 nitrogen and oxygen atoms in total. The summed E-state index contributed by atoms with van der Waals surface area (Å²) < 4.78 is 5.51. The lowest BCUT2D eigenvalue weighted by Crippen LogP contribution is -2.28. The summed E-state index contributed by atoms with van der Waals surface area (Å²) in [6.07, 6.45) is 1.68. The molecule has 3 aromatic rings. The molecule has 0 radical (unpaired) electrons. The third-order valence-electron chi connectivity index (χ3n) is 4.56. The molecule has 1 heterocycles. The molecule has 0 aliphatic heterocycles. The van der Waals surface area contributed by atoms with Gasteiger partial charge in [-0.3, -0.25) is 4.79 Å². The maximum absolute atomic E-state index is 12.6. The number of fused-ring (bicyclic) bond motifs is 3. The molecule has 2 aromatic carbocycles. The van der Waals surface area contributed by atoms with Crippen molar-refractivity contribution in [3.63, 3.8) is 0 Å². The average molecular weight is 318 g/mol. The maximum atomic E-state index is 12.6. The molecule has 0 spiro atoms. The Balaban J connectivity index is 1.60. The Morgan fingerprint density at radius 3 is 2.67 bits per heavy atom. The van der Waals surface area contributed by atoms with Crippen molar-refractivity contribution < 1.29 is 9.32 Å². The van der Waals surface area contributed by atoms with Crippen molar-refractivity contribution in [3.8, 4) is 11.3 Å². The van der Waals surface area contributed by atoms with Crippen LogP contribution in [0.1, 0.15) is 40.1 Å². The molecule has 24 heavy (non-hydrogen) atoms. The SMILES string of the molecule is C[C@@H](NC(=O)c1noc2c1CCc1ccccc1-2)c1ccccc1. The van der Waals surface area contributed by atoms with Crippen LogP contribution in [-0.2, 0) is 12.8 Å². The largest absolute Gasteiger partial charge is 0.355 e. The molecule has 0 bridgehead atoms. The van der Waals surface area contributed by atoms with Crippen molar-refractivity contribution in [3.05, 3.63) is 77.0 Å². The summed E-state index contributed by atoms with van der Waals surface area (Å²) >= 11 is 0. The van der Waals surface area contributed by atoms with Crippen LogP contribution in [0.2, 0.25) is 0 Å². The zero-order valence-corrected chi connectivity index (χ0v) is 13.5. The van der Waals surface area contributed by atoms with Gasteiger partial charge in [0.05, 0.1) is 6.04 Å². The van der Waals surface area contributed by atoms with Gasteiger partial charge in [-0.25, -0.2) is 0 Å². The molecule has 1 aliphatic carbocycles. The quantitative estimate of drug-likeness (QED) is 0.796. The number of hydrogen-bond donors (Lipinski definition) is 1. The number of nitrogens with zero attached hydrogens (tertiary/aromatic N) is 1. The fraction of sp³-hybridized carbons (Fsp3) is 0.200. The first kappa shape index (κ1) is 14.7. The molecule has 1 atom stereocenters. The Hall–Kier alpha value is -2.88. The molecule has 1 N–H and O–H groups in total. The van der Waals surface area contributed by atoms with Gasteiger partial charge in [0.1, 0.15) is 0 Å². The average Bonchev–Trinajstić information content (AvgIpc) is 3.07. The van der Waals surface area contributed by atoms with Gasteiger partial charge in [0, 0.05) is 11.1 Å². The molecule has 4 rings (SSSR count). The van der Waals surface area contributed by atoms with Gasteiger partial charge in [0.15, 0.2) is 11.5 Å². The smallest absolute Gasteiger partial charge is 0.274 e. The summed E-state index contributed by atoms with van der Waals surface area (Å²) in [5.74, 6) is 0.546. The summed E-state index contributed by atoms with van der Waals surface area (Å²) in [5, 5.41) is 7.07. The van der Waals surface area contributed by atoms with Gasteiger partial charge in [-0.1, -0.05) is 59.8 Å².